The number of aromatic nitrogens is 4. The average Bonchev–Trinajstić information content (AvgIpc) is 3.24. The molecule has 1 unspecified atom stereocenters. The minimum atomic E-state index is -0.216. The van der Waals surface area contributed by atoms with E-state index in [0.717, 1.165) is 34.9 Å². The lowest BCUT2D eigenvalue weighted by molar-refractivity contribution is 0.243. The van der Waals surface area contributed by atoms with Gasteiger partial charge in [-0.05, 0) is 18.0 Å². The Hall–Kier alpha value is -2.74. The topological polar surface area (TPSA) is 84.7 Å². The van der Waals surface area contributed by atoms with Gasteiger partial charge >= 0.3 is 6.03 Å². The van der Waals surface area contributed by atoms with Gasteiger partial charge in [-0.15, -0.1) is 0 Å². The number of urea groups is 1. The second-order valence-electron chi connectivity index (χ2n) is 5.63. The van der Waals surface area contributed by atoms with Gasteiger partial charge in [0.1, 0.15) is 17.2 Å². The van der Waals surface area contributed by atoms with Crippen molar-refractivity contribution in [2.75, 3.05) is 5.32 Å². The SMILES string of the molecule is O=C(Nc1cc(-c2ccccc2)ns1)NC1CCc2ncnn2C1. The van der Waals surface area contributed by atoms with Crippen LogP contribution in [-0.2, 0) is 13.0 Å². The number of carbonyl (C=O) groups excluding carboxylic acids is 1. The number of nitrogens with one attached hydrogen (secondary N) is 2. The molecule has 2 amide bonds. The van der Waals surface area contributed by atoms with Crippen molar-refractivity contribution < 1.29 is 4.79 Å². The van der Waals surface area contributed by atoms with Gasteiger partial charge in [0.15, 0.2) is 0 Å². The lowest BCUT2D eigenvalue weighted by Gasteiger charge is -2.23. The second-order valence-corrected chi connectivity index (χ2v) is 6.44. The molecule has 0 fully saturated rings. The van der Waals surface area contributed by atoms with Crippen molar-refractivity contribution in [3.8, 4) is 11.3 Å². The molecule has 3 heterocycles. The first-order valence-corrected chi connectivity index (χ1v) is 8.51. The van der Waals surface area contributed by atoms with Crippen LogP contribution in [-0.4, -0.2) is 31.2 Å². The third-order valence-corrected chi connectivity index (χ3v) is 4.66. The number of carbonyl (C=O) groups is 1. The Balaban J connectivity index is 1.36. The van der Waals surface area contributed by atoms with Crippen LogP contribution < -0.4 is 10.6 Å². The maximum Gasteiger partial charge on any atom is 0.320 e. The molecular weight excluding hydrogens is 324 g/mol. The fourth-order valence-electron chi connectivity index (χ4n) is 2.77. The molecule has 0 aliphatic carbocycles. The highest BCUT2D eigenvalue weighted by atomic mass is 32.1. The highest BCUT2D eigenvalue weighted by molar-refractivity contribution is 7.10. The van der Waals surface area contributed by atoms with Crippen molar-refractivity contribution in [2.24, 2.45) is 0 Å². The highest BCUT2D eigenvalue weighted by Gasteiger charge is 2.21. The number of rotatable bonds is 3. The molecule has 0 saturated carbocycles. The van der Waals surface area contributed by atoms with E-state index in [-0.39, 0.29) is 12.1 Å². The maximum atomic E-state index is 12.2. The van der Waals surface area contributed by atoms with Crippen LogP contribution in [0, 0.1) is 0 Å². The molecule has 2 N–H and O–H groups in total. The maximum absolute atomic E-state index is 12.2. The number of benzene rings is 1. The van der Waals surface area contributed by atoms with E-state index >= 15 is 0 Å². The van der Waals surface area contributed by atoms with Gasteiger partial charge in [-0.1, -0.05) is 30.3 Å². The van der Waals surface area contributed by atoms with Crippen molar-refractivity contribution in [1.82, 2.24) is 24.5 Å². The minimum Gasteiger partial charge on any atom is -0.333 e. The van der Waals surface area contributed by atoms with Crippen LogP contribution in [0.25, 0.3) is 11.3 Å². The fourth-order valence-corrected chi connectivity index (χ4v) is 3.43. The van der Waals surface area contributed by atoms with E-state index in [1.54, 1.807) is 6.33 Å². The summed E-state index contributed by atoms with van der Waals surface area (Å²) in [5.74, 6) is 0.975. The van der Waals surface area contributed by atoms with Crippen molar-refractivity contribution in [1.29, 1.82) is 0 Å². The van der Waals surface area contributed by atoms with E-state index in [4.69, 9.17) is 0 Å². The Morgan fingerprint density at radius 3 is 3.04 bits per heavy atom. The van der Waals surface area contributed by atoms with E-state index in [0.29, 0.717) is 6.54 Å². The molecule has 7 nitrogen and oxygen atoms in total. The Labute approximate surface area is 142 Å². The van der Waals surface area contributed by atoms with Gasteiger partial charge in [-0.2, -0.15) is 9.47 Å². The summed E-state index contributed by atoms with van der Waals surface area (Å²) in [6, 6.07) is 11.6. The molecule has 0 bridgehead atoms. The predicted molar refractivity (Wildman–Crippen MR) is 91.8 cm³/mol. The summed E-state index contributed by atoms with van der Waals surface area (Å²) >= 11 is 1.28. The minimum absolute atomic E-state index is 0.0562. The molecule has 1 atom stereocenters. The molecular formula is C16H16N6OS. The van der Waals surface area contributed by atoms with Gasteiger partial charge in [0.25, 0.3) is 0 Å². The normalized spacial score (nSPS) is 16.4. The zero-order valence-electron chi connectivity index (χ0n) is 12.8. The summed E-state index contributed by atoms with van der Waals surface area (Å²) in [6.07, 6.45) is 3.24. The van der Waals surface area contributed by atoms with Crippen LogP contribution in [0.4, 0.5) is 9.80 Å². The molecule has 0 spiro atoms. The van der Waals surface area contributed by atoms with E-state index in [1.165, 1.54) is 11.5 Å². The second kappa shape index (κ2) is 6.40. The van der Waals surface area contributed by atoms with E-state index in [1.807, 2.05) is 41.1 Å². The van der Waals surface area contributed by atoms with Gasteiger partial charge in [0.05, 0.1) is 18.3 Å². The van der Waals surface area contributed by atoms with Gasteiger partial charge in [0, 0.05) is 18.1 Å². The summed E-state index contributed by atoms with van der Waals surface area (Å²) in [6.45, 7) is 0.653. The Morgan fingerprint density at radius 2 is 2.17 bits per heavy atom. The first kappa shape index (κ1) is 14.8. The summed E-state index contributed by atoms with van der Waals surface area (Å²) < 4.78 is 6.23. The van der Waals surface area contributed by atoms with Crippen molar-refractivity contribution >= 4 is 22.6 Å². The molecule has 24 heavy (non-hydrogen) atoms. The van der Waals surface area contributed by atoms with Crippen LogP contribution in [0.2, 0.25) is 0 Å². The van der Waals surface area contributed by atoms with Crippen LogP contribution in [0.5, 0.6) is 0 Å². The zero-order valence-corrected chi connectivity index (χ0v) is 13.7. The monoisotopic (exact) mass is 340 g/mol. The van der Waals surface area contributed by atoms with E-state index in [9.17, 15) is 4.79 Å². The smallest absolute Gasteiger partial charge is 0.320 e. The average molecular weight is 340 g/mol. The van der Waals surface area contributed by atoms with Crippen LogP contribution in [0.3, 0.4) is 0 Å². The third kappa shape index (κ3) is 3.13. The van der Waals surface area contributed by atoms with Gasteiger partial charge in [-0.25, -0.2) is 14.5 Å². The zero-order chi connectivity index (χ0) is 16.4. The lowest BCUT2D eigenvalue weighted by atomic mass is 10.1. The first-order chi connectivity index (χ1) is 11.8. The fraction of sp³-hybridized carbons (Fsp3) is 0.250. The molecule has 0 radical (unpaired) electrons. The van der Waals surface area contributed by atoms with Crippen LogP contribution >= 0.6 is 11.5 Å². The number of anilines is 1. The number of amides is 2. The molecule has 0 saturated heterocycles. The molecule has 1 aliphatic heterocycles. The lowest BCUT2D eigenvalue weighted by Crippen LogP contribution is -2.43. The summed E-state index contributed by atoms with van der Waals surface area (Å²) in [7, 11) is 0. The summed E-state index contributed by atoms with van der Waals surface area (Å²) in [4.78, 5) is 16.4. The Morgan fingerprint density at radius 1 is 1.29 bits per heavy atom. The standard InChI is InChI=1S/C16H16N6OS/c23-16(19-12-6-7-14-17-10-18-22(14)9-12)20-15-8-13(21-24-15)11-4-2-1-3-5-11/h1-5,8,10,12H,6-7,9H2,(H2,19,20,23). The number of fused-ring (bicyclic) bond motifs is 1. The molecule has 1 aromatic carbocycles. The van der Waals surface area contributed by atoms with Gasteiger partial charge < -0.3 is 5.32 Å². The van der Waals surface area contributed by atoms with Crippen molar-refractivity contribution in [2.45, 2.75) is 25.4 Å². The molecule has 4 rings (SSSR count). The molecule has 122 valence electrons. The summed E-state index contributed by atoms with van der Waals surface area (Å²) in [5.41, 5.74) is 1.90. The first-order valence-electron chi connectivity index (χ1n) is 7.74. The third-order valence-electron chi connectivity index (χ3n) is 3.96. The van der Waals surface area contributed by atoms with Crippen molar-refractivity contribution in [3.63, 3.8) is 0 Å². The van der Waals surface area contributed by atoms with Gasteiger partial charge in [-0.3, -0.25) is 5.32 Å². The van der Waals surface area contributed by atoms with Crippen LogP contribution in [0.15, 0.2) is 42.7 Å². The number of nitrogens with zero attached hydrogens (tertiary/aromatic N) is 4. The Kier molecular flexibility index (Phi) is 3.96. The molecule has 1 aliphatic rings. The molecule has 2 aromatic heterocycles. The number of hydrogen-bond donors (Lipinski definition) is 2. The summed E-state index contributed by atoms with van der Waals surface area (Å²) in [5, 5.41) is 10.7. The quantitative estimate of drug-likeness (QED) is 0.767. The largest absolute Gasteiger partial charge is 0.333 e. The molecule has 8 heteroatoms. The van der Waals surface area contributed by atoms with Crippen molar-refractivity contribution in [3.05, 3.63) is 48.5 Å². The van der Waals surface area contributed by atoms with E-state index < -0.39 is 0 Å². The molecule has 3 aromatic rings. The predicted octanol–water partition coefficient (Wildman–Crippen LogP) is 2.54. The van der Waals surface area contributed by atoms with Gasteiger partial charge in [0.2, 0.25) is 0 Å². The van der Waals surface area contributed by atoms with E-state index in [2.05, 4.69) is 25.1 Å². The number of aryl methyl sites for hydroxylation is 1. The highest BCUT2D eigenvalue weighted by Crippen LogP contribution is 2.25. The Bertz CT molecular complexity index is 843. The number of hydrogen-bond acceptors (Lipinski definition) is 5. The van der Waals surface area contributed by atoms with Crippen LogP contribution in [0.1, 0.15) is 12.2 Å².